The van der Waals surface area contributed by atoms with Crippen molar-refractivity contribution in [1.82, 2.24) is 0 Å². The maximum Gasteiger partial charge on any atom is 0.271 e. The highest BCUT2D eigenvalue weighted by Gasteiger charge is 1.90. The molecule has 0 saturated heterocycles. The van der Waals surface area contributed by atoms with Gasteiger partial charge in [0, 0.05) is 0 Å². The van der Waals surface area contributed by atoms with Crippen LogP contribution in [0.2, 0.25) is 0 Å². The Kier molecular flexibility index (Phi) is 34.1. The van der Waals surface area contributed by atoms with Gasteiger partial charge in [0.15, 0.2) is 0 Å². The second-order valence-corrected chi connectivity index (χ2v) is 3.70. The van der Waals surface area contributed by atoms with Crippen LogP contribution < -0.4 is 16.5 Å². The largest absolute Gasteiger partial charge is 0.474 e. The molecule has 0 saturated carbocycles. The van der Waals surface area contributed by atoms with Crippen molar-refractivity contribution in [2.24, 2.45) is 16.5 Å². The lowest BCUT2D eigenvalue weighted by molar-refractivity contribution is 0.406. The number of nitrogens with two attached hydrogens (primary N) is 3. The molecular formula is C12H24N3O4P. The lowest BCUT2D eigenvalue weighted by atomic mass is 11.1. The first-order valence-electron chi connectivity index (χ1n) is 4.82. The molecule has 0 aromatic carbocycles. The van der Waals surface area contributed by atoms with E-state index in [2.05, 4.69) is 70.2 Å². The van der Waals surface area contributed by atoms with Crippen LogP contribution >= 0.6 is 7.59 Å². The molecule has 0 amide bonds. The Balaban J connectivity index is -0.0000000853. The fourth-order valence-corrected chi connectivity index (χ4v) is 0.204. The molecule has 0 aromatic heterocycles. The third-order valence-corrected chi connectivity index (χ3v) is 0.577. The summed E-state index contributed by atoms with van der Waals surface area (Å²) < 4.78 is 22.6. The molecule has 20 heavy (non-hydrogen) atoms. The predicted molar refractivity (Wildman–Crippen MR) is 84.6 cm³/mol. The van der Waals surface area contributed by atoms with Gasteiger partial charge >= 0.3 is 0 Å². The molecular weight excluding hydrogens is 281 g/mol. The lowest BCUT2D eigenvalue weighted by Gasteiger charge is -1.88. The number of rotatable bonds is 6. The molecule has 0 unspecified atom stereocenters. The summed E-state index contributed by atoms with van der Waals surface area (Å²) in [5.74, 6) is 0. The molecule has 0 radical (unpaired) electrons. The Labute approximate surface area is 120 Å². The van der Waals surface area contributed by atoms with E-state index in [1.54, 1.807) is 0 Å². The monoisotopic (exact) mass is 305 g/mol. The van der Waals surface area contributed by atoms with Crippen LogP contribution in [0.4, 0.5) is 0 Å². The summed E-state index contributed by atoms with van der Waals surface area (Å²) >= 11 is 0. The van der Waals surface area contributed by atoms with E-state index >= 15 is 0 Å². The average Bonchev–Trinajstić information content (AvgIpc) is 2.31. The van der Waals surface area contributed by atoms with E-state index in [0.29, 0.717) is 0 Å². The molecule has 0 atom stereocenters. The van der Waals surface area contributed by atoms with E-state index in [4.69, 9.17) is 0 Å². The summed E-state index contributed by atoms with van der Waals surface area (Å²) in [5.41, 5.74) is 13.4. The molecule has 0 spiro atoms. The van der Waals surface area contributed by atoms with Gasteiger partial charge in [-0.2, -0.15) is 0 Å². The topological polar surface area (TPSA) is 123 Å². The fourth-order valence-electron chi connectivity index (χ4n) is 0.204. The Bertz CT molecular complexity index is 254. The van der Waals surface area contributed by atoms with Gasteiger partial charge in [0.2, 0.25) is 0 Å². The van der Waals surface area contributed by atoms with Crippen LogP contribution in [0, 0.1) is 0 Å². The Morgan fingerprint density at radius 2 is 0.700 bits per heavy atom. The summed E-state index contributed by atoms with van der Waals surface area (Å²) in [6.07, 6.45) is 7.88. The van der Waals surface area contributed by atoms with Crippen molar-refractivity contribution < 1.29 is 18.8 Å². The minimum atomic E-state index is -3.14. The van der Waals surface area contributed by atoms with Crippen molar-refractivity contribution in [1.29, 1.82) is 0 Å². The van der Waals surface area contributed by atoms with Crippen molar-refractivity contribution >= 4 is 7.59 Å². The Morgan fingerprint density at radius 3 is 0.700 bits per heavy atom. The second kappa shape index (κ2) is 25.7. The molecule has 0 aliphatic rings. The first kappa shape index (κ1) is 26.5. The minimum Gasteiger partial charge on any atom is -0.474 e. The molecule has 0 rings (SSSR count). The number of hydrogen-bond acceptors (Lipinski definition) is 4. The maximum atomic E-state index is 9.55. The SMILES string of the molecule is C=COC=C.C=COC=C.C=COC=C.NP(N)(N)=O. The summed E-state index contributed by atoms with van der Waals surface area (Å²) in [7, 11) is -3.14. The van der Waals surface area contributed by atoms with Gasteiger partial charge in [-0.3, -0.25) is 21.1 Å². The molecule has 0 aliphatic heterocycles. The standard InChI is InChI=1S/3C4H6O.H6N3OP/c3*1-3-5-4-2;1-5(2,3)4/h3*3-4H,1-2H2;(H6,1,2,3,4). The highest BCUT2D eigenvalue weighted by atomic mass is 31.2. The molecule has 8 heteroatoms. The van der Waals surface area contributed by atoms with E-state index in [1.165, 1.54) is 37.6 Å². The summed E-state index contributed by atoms with van der Waals surface area (Å²) in [4.78, 5) is 0. The van der Waals surface area contributed by atoms with Gasteiger partial charge in [0.05, 0.1) is 37.6 Å². The molecule has 7 nitrogen and oxygen atoms in total. The average molecular weight is 305 g/mol. The fraction of sp³-hybridized carbons (Fsp3) is 0. The van der Waals surface area contributed by atoms with Crippen molar-refractivity contribution in [3.8, 4) is 0 Å². The maximum absolute atomic E-state index is 9.55. The minimum absolute atomic E-state index is 1.31. The van der Waals surface area contributed by atoms with Crippen LogP contribution in [0.1, 0.15) is 0 Å². The summed E-state index contributed by atoms with van der Waals surface area (Å²) in [5, 5.41) is 0. The highest BCUT2D eigenvalue weighted by molar-refractivity contribution is 7.56. The lowest BCUT2D eigenvalue weighted by Crippen LogP contribution is -2.12. The highest BCUT2D eigenvalue weighted by Crippen LogP contribution is 2.06. The van der Waals surface area contributed by atoms with Gasteiger partial charge in [-0.25, -0.2) is 0 Å². The molecule has 0 aliphatic carbocycles. The molecule has 0 fully saturated rings. The molecule has 0 aromatic rings. The van der Waals surface area contributed by atoms with E-state index in [-0.39, 0.29) is 0 Å². The first-order chi connectivity index (χ1) is 9.24. The zero-order chi connectivity index (χ0) is 16.9. The zero-order valence-corrected chi connectivity index (χ0v) is 12.4. The zero-order valence-electron chi connectivity index (χ0n) is 11.5. The Hall–Kier alpha value is -2.05. The molecule has 6 N–H and O–H groups in total. The molecule has 0 bridgehead atoms. The van der Waals surface area contributed by atoms with Crippen LogP contribution in [0.3, 0.4) is 0 Å². The number of hydrogen-bond donors (Lipinski definition) is 3. The van der Waals surface area contributed by atoms with Crippen LogP contribution in [0.25, 0.3) is 0 Å². The second-order valence-electron chi connectivity index (χ2n) is 2.17. The van der Waals surface area contributed by atoms with Crippen LogP contribution in [0.15, 0.2) is 77.0 Å². The predicted octanol–water partition coefficient (Wildman–Crippen LogP) is 2.84. The summed E-state index contributed by atoms with van der Waals surface area (Å²) in [6.45, 7) is 19.5. The molecule has 116 valence electrons. The van der Waals surface area contributed by atoms with Gasteiger partial charge in [-0.1, -0.05) is 39.5 Å². The van der Waals surface area contributed by atoms with Gasteiger partial charge in [0.25, 0.3) is 7.59 Å². The van der Waals surface area contributed by atoms with Crippen molar-refractivity contribution in [2.45, 2.75) is 0 Å². The van der Waals surface area contributed by atoms with Gasteiger partial charge in [0.1, 0.15) is 0 Å². The third-order valence-electron chi connectivity index (χ3n) is 0.577. The van der Waals surface area contributed by atoms with Crippen molar-refractivity contribution in [2.75, 3.05) is 0 Å². The summed E-state index contributed by atoms with van der Waals surface area (Å²) in [6, 6.07) is 0. The van der Waals surface area contributed by atoms with Gasteiger partial charge < -0.3 is 14.2 Å². The third kappa shape index (κ3) is 228. The van der Waals surface area contributed by atoms with Crippen molar-refractivity contribution in [3.63, 3.8) is 0 Å². The quantitative estimate of drug-likeness (QED) is 0.509. The van der Waals surface area contributed by atoms with Crippen LogP contribution in [0.5, 0.6) is 0 Å². The van der Waals surface area contributed by atoms with Crippen LogP contribution in [-0.2, 0) is 18.8 Å². The molecule has 0 heterocycles. The van der Waals surface area contributed by atoms with Gasteiger partial charge in [-0.05, 0) is 0 Å². The van der Waals surface area contributed by atoms with Gasteiger partial charge in [-0.15, -0.1) is 0 Å². The van der Waals surface area contributed by atoms with Crippen molar-refractivity contribution in [3.05, 3.63) is 77.0 Å². The van der Waals surface area contributed by atoms with Crippen LogP contribution in [-0.4, -0.2) is 0 Å². The van der Waals surface area contributed by atoms with E-state index in [9.17, 15) is 4.57 Å². The van der Waals surface area contributed by atoms with E-state index in [0.717, 1.165) is 0 Å². The Morgan fingerprint density at radius 1 is 0.600 bits per heavy atom. The van der Waals surface area contributed by atoms with E-state index in [1.807, 2.05) is 0 Å². The first-order valence-corrected chi connectivity index (χ1v) is 6.74. The number of ether oxygens (including phenoxy) is 3. The van der Waals surface area contributed by atoms with E-state index < -0.39 is 7.59 Å². The smallest absolute Gasteiger partial charge is 0.271 e. The normalized spacial score (nSPS) is 7.15.